The number of rotatable bonds is 7. The van der Waals surface area contributed by atoms with Crippen LogP contribution in [0.4, 0.5) is 19.0 Å². The van der Waals surface area contributed by atoms with Crippen molar-refractivity contribution in [2.45, 2.75) is 37.0 Å². The van der Waals surface area contributed by atoms with Crippen LogP contribution in [0, 0.1) is 5.82 Å². The number of alkyl halides is 1. The first-order valence-electron chi connectivity index (χ1n) is 15.2. The zero-order chi connectivity index (χ0) is 31.3. The first-order valence-corrected chi connectivity index (χ1v) is 15.2. The summed E-state index contributed by atoms with van der Waals surface area (Å²) in [5, 5.41) is 11.9. The second kappa shape index (κ2) is 11.6. The maximum atomic E-state index is 15.0. The van der Waals surface area contributed by atoms with E-state index in [1.54, 1.807) is 18.2 Å². The molecule has 2 aromatic heterocycles. The molecule has 9 nitrogen and oxygen atoms in total. The molecule has 0 spiro atoms. The van der Waals surface area contributed by atoms with E-state index in [0.717, 1.165) is 24.8 Å². The average molecular weight is 619 g/mol. The molecule has 1 N–H and O–H groups in total. The first-order chi connectivity index (χ1) is 21.8. The summed E-state index contributed by atoms with van der Waals surface area (Å²) < 4.78 is 49.4. The highest BCUT2D eigenvalue weighted by Crippen LogP contribution is 2.41. The van der Waals surface area contributed by atoms with E-state index in [-0.39, 0.29) is 38.1 Å². The number of carbonyl (C=O) groups is 1. The summed E-state index contributed by atoms with van der Waals surface area (Å²) in [6.07, 6.45) is 1.25. The van der Waals surface area contributed by atoms with Crippen LogP contribution in [0.2, 0.25) is 0 Å². The molecule has 7 rings (SSSR count). The topological polar surface area (TPSA) is 94.9 Å². The van der Waals surface area contributed by atoms with Crippen LogP contribution in [-0.2, 0) is 4.79 Å². The molecule has 3 saturated heterocycles. The average Bonchev–Trinajstić information content (AvgIpc) is 3.58. The fourth-order valence-corrected chi connectivity index (χ4v) is 7.21. The van der Waals surface area contributed by atoms with E-state index in [4.69, 9.17) is 14.7 Å². The molecule has 2 aromatic carbocycles. The molecule has 4 aromatic rings. The number of hydrogen-bond donors (Lipinski definition) is 1. The number of hydrogen-bond acceptors (Lipinski definition) is 8. The number of amides is 1. The number of piperazine rings is 1. The van der Waals surface area contributed by atoms with Gasteiger partial charge in [-0.3, -0.25) is 9.69 Å². The van der Waals surface area contributed by atoms with E-state index < -0.39 is 29.5 Å². The molecule has 3 aliphatic rings. The molecule has 234 valence electrons. The number of halogens is 3. The van der Waals surface area contributed by atoms with E-state index >= 15 is 4.39 Å². The second-order valence-electron chi connectivity index (χ2n) is 12.1. The van der Waals surface area contributed by atoms with Crippen molar-refractivity contribution < 1.29 is 27.8 Å². The van der Waals surface area contributed by atoms with Crippen molar-refractivity contribution in [2.75, 3.05) is 50.8 Å². The first kappa shape index (κ1) is 29.4. The molecule has 3 aliphatic heterocycles. The summed E-state index contributed by atoms with van der Waals surface area (Å²) in [6, 6.07) is 13.4. The van der Waals surface area contributed by atoms with Crippen molar-refractivity contribution in [3.8, 4) is 17.3 Å². The minimum absolute atomic E-state index is 0.0611. The normalized spacial score (nSPS) is 23.6. The van der Waals surface area contributed by atoms with E-state index in [9.17, 15) is 18.7 Å². The molecule has 0 saturated carbocycles. The number of fused-ring (bicyclic) bond motifs is 3. The quantitative estimate of drug-likeness (QED) is 0.304. The van der Waals surface area contributed by atoms with Gasteiger partial charge in [-0.05, 0) is 43.0 Å². The largest absolute Gasteiger partial charge is 0.461 e. The Kier molecular flexibility index (Phi) is 7.57. The van der Waals surface area contributed by atoms with Crippen molar-refractivity contribution in [1.82, 2.24) is 24.8 Å². The fourth-order valence-electron chi connectivity index (χ4n) is 7.21. The summed E-state index contributed by atoms with van der Waals surface area (Å²) in [5.41, 5.74) is 1.01. The van der Waals surface area contributed by atoms with Gasteiger partial charge in [0.15, 0.2) is 11.5 Å². The Hall–Kier alpha value is -4.29. The summed E-state index contributed by atoms with van der Waals surface area (Å²) >= 11 is 0. The molecule has 0 radical (unpaired) electrons. The number of aliphatic hydroxyl groups is 1. The fraction of sp³-hybridized carbons (Fsp3) is 0.394. The standard InChI is InChI=1S/C33H33F3N6O3/c1-20(34)31(44)42-14-13-40(17-23(42)18-43)30-25-9-10-27(24-7-2-5-21-6-3-8-26(36)28(21)24)37-29(25)38-32(39-30)45-19-33-11-4-12-41(33)16-22(35)15-33/h2-3,5-10,22-23,43H,1,4,11-19H2/t22-,23-,33+/m1/s1. The van der Waals surface area contributed by atoms with Crippen LogP contribution in [-0.4, -0.2) is 99.5 Å². The summed E-state index contributed by atoms with van der Waals surface area (Å²) in [6.45, 7) is 4.73. The minimum atomic E-state index is -1.09. The molecular weight excluding hydrogens is 585 g/mol. The third kappa shape index (κ3) is 5.25. The highest BCUT2D eigenvalue weighted by molar-refractivity contribution is 5.98. The van der Waals surface area contributed by atoms with Crippen molar-refractivity contribution >= 4 is 33.5 Å². The number of anilines is 1. The van der Waals surface area contributed by atoms with Crippen LogP contribution in [0.25, 0.3) is 33.1 Å². The number of nitrogens with zero attached hydrogens (tertiary/aromatic N) is 6. The highest BCUT2D eigenvalue weighted by atomic mass is 19.1. The molecule has 0 unspecified atom stereocenters. The van der Waals surface area contributed by atoms with Crippen LogP contribution in [0.5, 0.6) is 6.01 Å². The van der Waals surface area contributed by atoms with Gasteiger partial charge in [-0.2, -0.15) is 9.97 Å². The van der Waals surface area contributed by atoms with Crippen molar-refractivity contribution in [2.24, 2.45) is 0 Å². The Bertz CT molecular complexity index is 1800. The van der Waals surface area contributed by atoms with Crippen LogP contribution in [0.1, 0.15) is 19.3 Å². The third-order valence-electron chi connectivity index (χ3n) is 9.37. The molecular formula is C33H33F3N6O3. The van der Waals surface area contributed by atoms with Crippen LogP contribution in [0.3, 0.4) is 0 Å². The molecule has 12 heteroatoms. The minimum Gasteiger partial charge on any atom is -0.461 e. The predicted octanol–water partition coefficient (Wildman–Crippen LogP) is 4.43. The zero-order valence-corrected chi connectivity index (χ0v) is 24.6. The molecule has 45 heavy (non-hydrogen) atoms. The predicted molar refractivity (Wildman–Crippen MR) is 164 cm³/mol. The van der Waals surface area contributed by atoms with Gasteiger partial charge < -0.3 is 19.6 Å². The van der Waals surface area contributed by atoms with Gasteiger partial charge in [0.1, 0.15) is 24.4 Å². The van der Waals surface area contributed by atoms with Gasteiger partial charge in [0, 0.05) is 43.5 Å². The van der Waals surface area contributed by atoms with Gasteiger partial charge in [0.2, 0.25) is 0 Å². The van der Waals surface area contributed by atoms with Gasteiger partial charge in [-0.25, -0.2) is 18.2 Å². The highest BCUT2D eigenvalue weighted by Gasteiger charge is 2.49. The Labute approximate surface area is 257 Å². The molecule has 3 atom stereocenters. The Morgan fingerprint density at radius 2 is 1.89 bits per heavy atom. The van der Waals surface area contributed by atoms with Gasteiger partial charge >= 0.3 is 6.01 Å². The number of benzene rings is 2. The lowest BCUT2D eigenvalue weighted by Gasteiger charge is -2.41. The molecule has 1 amide bonds. The van der Waals surface area contributed by atoms with E-state index in [0.29, 0.717) is 53.0 Å². The maximum Gasteiger partial charge on any atom is 0.320 e. The summed E-state index contributed by atoms with van der Waals surface area (Å²) in [5.74, 6) is -1.84. The third-order valence-corrected chi connectivity index (χ3v) is 9.37. The number of pyridine rings is 1. The lowest BCUT2D eigenvalue weighted by molar-refractivity contribution is -0.132. The molecule has 5 heterocycles. The van der Waals surface area contributed by atoms with E-state index in [1.165, 1.54) is 11.0 Å². The summed E-state index contributed by atoms with van der Waals surface area (Å²) in [7, 11) is 0. The Morgan fingerprint density at radius 3 is 2.69 bits per heavy atom. The molecule has 0 bridgehead atoms. The van der Waals surface area contributed by atoms with E-state index in [2.05, 4.69) is 16.5 Å². The lowest BCUT2D eigenvalue weighted by Crippen LogP contribution is -2.57. The summed E-state index contributed by atoms with van der Waals surface area (Å²) in [4.78, 5) is 32.0. The number of aromatic nitrogens is 3. The Balaban J connectivity index is 1.29. The van der Waals surface area contributed by atoms with Crippen LogP contribution in [0.15, 0.2) is 60.9 Å². The van der Waals surface area contributed by atoms with Crippen molar-refractivity contribution in [3.05, 3.63) is 66.8 Å². The number of carbonyl (C=O) groups excluding carboxylic acids is 1. The van der Waals surface area contributed by atoms with Gasteiger partial charge in [0.25, 0.3) is 5.91 Å². The van der Waals surface area contributed by atoms with Gasteiger partial charge in [0.05, 0.1) is 29.3 Å². The van der Waals surface area contributed by atoms with Crippen molar-refractivity contribution in [1.29, 1.82) is 0 Å². The van der Waals surface area contributed by atoms with Crippen LogP contribution < -0.4 is 9.64 Å². The molecule has 0 aliphatic carbocycles. The molecule has 3 fully saturated rings. The second-order valence-corrected chi connectivity index (χ2v) is 12.1. The van der Waals surface area contributed by atoms with Gasteiger partial charge in [-0.1, -0.05) is 36.9 Å². The van der Waals surface area contributed by atoms with E-state index in [1.807, 2.05) is 29.2 Å². The SMILES string of the molecule is C=C(F)C(=O)N1CCN(c2nc(OC[C@@]34CCCN3C[C@H](F)C4)nc3nc(-c4cccc5cccc(F)c45)ccc23)C[C@@H]1CO. The maximum absolute atomic E-state index is 15.0. The Morgan fingerprint density at radius 1 is 1.07 bits per heavy atom. The van der Waals surface area contributed by atoms with Gasteiger partial charge in [-0.15, -0.1) is 0 Å². The van der Waals surface area contributed by atoms with Crippen molar-refractivity contribution in [3.63, 3.8) is 0 Å². The monoisotopic (exact) mass is 618 g/mol. The lowest BCUT2D eigenvalue weighted by atomic mass is 9.95. The number of aliphatic hydroxyl groups excluding tert-OH is 1. The number of ether oxygens (including phenoxy) is 1. The van der Waals surface area contributed by atoms with Crippen LogP contribution >= 0.6 is 0 Å². The zero-order valence-electron chi connectivity index (χ0n) is 24.6. The smallest absolute Gasteiger partial charge is 0.320 e.